The molecule has 0 spiro atoms. The van der Waals surface area contributed by atoms with Crippen LogP contribution >= 0.6 is 0 Å². The van der Waals surface area contributed by atoms with Crippen molar-refractivity contribution >= 4 is 52.1 Å². The van der Waals surface area contributed by atoms with E-state index in [1.54, 1.807) is 0 Å². The Bertz CT molecular complexity index is 2310. The molecule has 0 aliphatic heterocycles. The molecule has 5 heteroatoms. The molecule has 0 aliphatic rings. The third kappa shape index (κ3) is 6.49. The number of imidazole rings is 1. The molecule has 0 unspecified atom stereocenters. The molecular formula is C48H42BN3Si. The summed E-state index contributed by atoms with van der Waals surface area (Å²) in [5, 5.41) is 5.06. The maximum absolute atomic E-state index is 5.11. The standard InChI is InChI=1S/C48H42BN3Si/c1-3-37-19-16-20-38(4-2)48(37)52-35-46(51-36-52)39-21-17-24-41(33-39)49(40-22-8-5-9-23-40)42-25-18-30-45(34-42)53(43-26-10-6-11-27-43,44-28-12-7-13-29-44)47-31-14-15-32-50-47/h5-36H,3-4H2,1-2H3. The highest BCUT2D eigenvalue weighted by atomic mass is 28.3. The van der Waals surface area contributed by atoms with Crippen LogP contribution in [0.4, 0.5) is 0 Å². The number of aryl methyl sites for hydroxylation is 2. The molecule has 0 amide bonds. The molecule has 0 radical (unpaired) electrons. The van der Waals surface area contributed by atoms with Crippen LogP contribution in [0.3, 0.4) is 0 Å². The fourth-order valence-corrected chi connectivity index (χ4v) is 12.7. The van der Waals surface area contributed by atoms with E-state index in [1.807, 2.05) is 18.6 Å². The molecule has 256 valence electrons. The predicted octanol–water partition coefficient (Wildman–Crippen LogP) is 5.95. The van der Waals surface area contributed by atoms with Crippen LogP contribution in [0.5, 0.6) is 0 Å². The van der Waals surface area contributed by atoms with E-state index in [0.29, 0.717) is 0 Å². The van der Waals surface area contributed by atoms with Gasteiger partial charge in [0.05, 0.1) is 17.7 Å². The first-order valence-electron chi connectivity index (χ1n) is 18.6. The number of nitrogens with zero attached hydrogens (tertiary/aromatic N) is 3. The van der Waals surface area contributed by atoms with Gasteiger partial charge in [-0.1, -0.05) is 194 Å². The minimum Gasteiger partial charge on any atom is -0.305 e. The van der Waals surface area contributed by atoms with Crippen LogP contribution in [-0.2, 0) is 12.8 Å². The van der Waals surface area contributed by atoms with Crippen LogP contribution in [0.1, 0.15) is 25.0 Å². The van der Waals surface area contributed by atoms with E-state index in [9.17, 15) is 0 Å². The maximum atomic E-state index is 5.11. The summed E-state index contributed by atoms with van der Waals surface area (Å²) in [5.41, 5.74) is 9.73. The second-order valence-electron chi connectivity index (χ2n) is 13.6. The summed E-state index contributed by atoms with van der Waals surface area (Å²) in [6, 6.07) is 64.2. The lowest BCUT2D eigenvalue weighted by atomic mass is 9.37. The van der Waals surface area contributed by atoms with Gasteiger partial charge < -0.3 is 4.57 Å². The Morgan fingerprint density at radius 2 is 1.06 bits per heavy atom. The maximum Gasteiger partial charge on any atom is 0.241 e. The van der Waals surface area contributed by atoms with Gasteiger partial charge >= 0.3 is 0 Å². The van der Waals surface area contributed by atoms with Gasteiger partial charge in [-0.05, 0) is 51.7 Å². The van der Waals surface area contributed by atoms with Crippen molar-refractivity contribution in [3.63, 3.8) is 0 Å². The molecule has 8 aromatic rings. The molecule has 0 bridgehead atoms. The molecule has 0 N–H and O–H groups in total. The SMILES string of the molecule is CCc1cccc(CC)c1-n1cnc(-c2cccc(B(c3ccccc3)c3cccc([Si](c4ccccc4)(c4ccccc4)c4ccccn4)c3)c2)c1. The Morgan fingerprint density at radius 3 is 1.68 bits per heavy atom. The van der Waals surface area contributed by atoms with Crippen LogP contribution in [0.2, 0.25) is 0 Å². The molecule has 2 aromatic heterocycles. The Morgan fingerprint density at radius 1 is 0.509 bits per heavy atom. The van der Waals surface area contributed by atoms with Crippen LogP contribution in [0, 0.1) is 0 Å². The fourth-order valence-electron chi connectivity index (χ4n) is 8.10. The molecule has 0 atom stereocenters. The molecule has 3 nitrogen and oxygen atoms in total. The first-order chi connectivity index (χ1) is 26.2. The predicted molar refractivity (Wildman–Crippen MR) is 227 cm³/mol. The lowest BCUT2D eigenvalue weighted by Gasteiger charge is -2.33. The Hall–Kier alpha value is -6.04. The number of para-hydroxylation sites is 1. The van der Waals surface area contributed by atoms with Crippen molar-refractivity contribution < 1.29 is 0 Å². The van der Waals surface area contributed by atoms with Crippen molar-refractivity contribution in [1.82, 2.24) is 14.5 Å². The van der Waals surface area contributed by atoms with Crippen molar-refractivity contribution in [2.75, 3.05) is 0 Å². The summed E-state index contributed by atoms with van der Waals surface area (Å²) in [4.78, 5) is 10.1. The van der Waals surface area contributed by atoms with Crippen molar-refractivity contribution in [2.24, 2.45) is 0 Å². The van der Waals surface area contributed by atoms with E-state index in [1.165, 1.54) is 48.8 Å². The van der Waals surface area contributed by atoms with Crippen molar-refractivity contribution in [2.45, 2.75) is 26.7 Å². The van der Waals surface area contributed by atoms with Crippen LogP contribution in [0.25, 0.3) is 16.9 Å². The summed E-state index contributed by atoms with van der Waals surface area (Å²) in [7, 11) is -2.81. The molecule has 0 saturated carbocycles. The van der Waals surface area contributed by atoms with E-state index >= 15 is 0 Å². The topological polar surface area (TPSA) is 30.7 Å². The smallest absolute Gasteiger partial charge is 0.241 e. The van der Waals surface area contributed by atoms with Crippen LogP contribution in [-0.4, -0.2) is 29.3 Å². The monoisotopic (exact) mass is 699 g/mol. The number of pyridine rings is 1. The van der Waals surface area contributed by atoms with Gasteiger partial charge in [-0.15, -0.1) is 0 Å². The summed E-state index contributed by atoms with van der Waals surface area (Å²) >= 11 is 0. The molecule has 53 heavy (non-hydrogen) atoms. The van der Waals surface area contributed by atoms with Crippen molar-refractivity contribution in [1.29, 1.82) is 0 Å². The van der Waals surface area contributed by atoms with Crippen LogP contribution < -0.4 is 37.3 Å². The lowest BCUT2D eigenvalue weighted by molar-refractivity contribution is 0.962. The van der Waals surface area contributed by atoms with Gasteiger partial charge in [-0.3, -0.25) is 4.98 Å². The molecule has 0 aliphatic carbocycles. The molecule has 0 saturated heterocycles. The molecular weight excluding hydrogens is 657 g/mol. The first-order valence-corrected chi connectivity index (χ1v) is 20.6. The lowest BCUT2D eigenvalue weighted by Crippen LogP contribution is -2.76. The van der Waals surface area contributed by atoms with Gasteiger partial charge in [-0.2, -0.15) is 0 Å². The zero-order chi connectivity index (χ0) is 36.0. The highest BCUT2D eigenvalue weighted by Gasteiger charge is 2.43. The second kappa shape index (κ2) is 15.3. The first kappa shape index (κ1) is 34.1. The zero-order valence-electron chi connectivity index (χ0n) is 30.3. The van der Waals surface area contributed by atoms with E-state index in [-0.39, 0.29) is 6.71 Å². The van der Waals surface area contributed by atoms with Gasteiger partial charge in [-0.25, -0.2) is 4.98 Å². The van der Waals surface area contributed by atoms with Crippen LogP contribution in [0.15, 0.2) is 195 Å². The molecule has 8 rings (SSSR count). The zero-order valence-corrected chi connectivity index (χ0v) is 31.3. The summed E-state index contributed by atoms with van der Waals surface area (Å²) in [5.74, 6) is 0. The van der Waals surface area contributed by atoms with Gasteiger partial charge in [0, 0.05) is 23.3 Å². The Balaban J connectivity index is 1.29. The average molecular weight is 700 g/mol. The van der Waals surface area contributed by atoms with E-state index < -0.39 is 8.07 Å². The summed E-state index contributed by atoms with van der Waals surface area (Å²) in [6.45, 7) is 4.45. The quantitative estimate of drug-likeness (QED) is 0.124. The van der Waals surface area contributed by atoms with E-state index in [2.05, 4.69) is 194 Å². The second-order valence-corrected chi connectivity index (χ2v) is 17.3. The number of aromatic nitrogens is 3. The van der Waals surface area contributed by atoms with Gasteiger partial charge in [0.15, 0.2) is 0 Å². The Kier molecular flexibility index (Phi) is 9.83. The molecule has 2 heterocycles. The summed E-state index contributed by atoms with van der Waals surface area (Å²) < 4.78 is 2.22. The van der Waals surface area contributed by atoms with Gasteiger partial charge in [0.2, 0.25) is 14.8 Å². The van der Waals surface area contributed by atoms with Crippen molar-refractivity contribution in [3.8, 4) is 16.9 Å². The van der Waals surface area contributed by atoms with Crippen molar-refractivity contribution in [3.05, 3.63) is 206 Å². The minimum absolute atomic E-state index is 0.00711. The number of benzene rings is 6. The largest absolute Gasteiger partial charge is 0.305 e. The molecule has 6 aromatic carbocycles. The average Bonchev–Trinajstić information content (AvgIpc) is 3.73. The highest BCUT2D eigenvalue weighted by molar-refractivity contribution is 7.19. The number of hydrogen-bond donors (Lipinski definition) is 0. The third-order valence-corrected chi connectivity index (χ3v) is 15.2. The minimum atomic E-state index is -2.81. The van der Waals surface area contributed by atoms with Gasteiger partial charge in [0.25, 0.3) is 0 Å². The third-order valence-electron chi connectivity index (χ3n) is 10.6. The van der Waals surface area contributed by atoms with Gasteiger partial charge in [0.1, 0.15) is 0 Å². The number of hydrogen-bond acceptors (Lipinski definition) is 2. The van der Waals surface area contributed by atoms with E-state index in [4.69, 9.17) is 9.97 Å². The van der Waals surface area contributed by atoms with E-state index in [0.717, 1.165) is 29.4 Å². The fraction of sp³-hybridized carbons (Fsp3) is 0.0833. The molecule has 0 fully saturated rings. The Labute approximate surface area is 314 Å². The number of rotatable bonds is 11. The highest BCUT2D eigenvalue weighted by Crippen LogP contribution is 2.24. The summed E-state index contributed by atoms with van der Waals surface area (Å²) in [6.07, 6.45) is 8.06. The normalized spacial score (nSPS) is 11.4.